The van der Waals surface area contributed by atoms with Crippen molar-refractivity contribution < 1.29 is 13.9 Å². The summed E-state index contributed by atoms with van der Waals surface area (Å²) in [7, 11) is 0. The van der Waals surface area contributed by atoms with E-state index < -0.39 is 11.8 Å². The van der Waals surface area contributed by atoms with E-state index in [-0.39, 0.29) is 12.2 Å². The lowest BCUT2D eigenvalue weighted by molar-refractivity contribution is 0.0467. The average Bonchev–Trinajstić information content (AvgIpc) is 2.41. The van der Waals surface area contributed by atoms with Gasteiger partial charge in [0, 0.05) is 23.6 Å². The lowest BCUT2D eigenvalue weighted by Gasteiger charge is -2.09. The molecule has 4 nitrogen and oxygen atoms in total. The third-order valence-corrected chi connectivity index (χ3v) is 3.05. The van der Waals surface area contributed by atoms with E-state index in [0.717, 1.165) is 0 Å². The van der Waals surface area contributed by atoms with E-state index in [1.807, 2.05) is 0 Å². The highest BCUT2D eigenvalue weighted by Gasteiger charge is 2.16. The Labute approximate surface area is 120 Å². The number of nitrogens with two attached hydrogens (primary N) is 1. The second-order valence-corrected chi connectivity index (χ2v) is 4.65. The second-order valence-electron chi connectivity index (χ2n) is 4.24. The number of halogens is 2. The van der Waals surface area contributed by atoms with Gasteiger partial charge in [0.2, 0.25) is 0 Å². The fraction of sp³-hybridized carbons (Fsp3) is 0.143. The van der Waals surface area contributed by atoms with Crippen molar-refractivity contribution in [2.45, 2.75) is 13.5 Å². The molecule has 20 heavy (non-hydrogen) atoms. The highest BCUT2D eigenvalue weighted by molar-refractivity contribution is 6.31. The molecule has 0 aliphatic rings. The number of carbonyl (C=O) groups is 1. The lowest BCUT2D eigenvalue weighted by Crippen LogP contribution is -2.09. The number of aromatic nitrogens is 1. The van der Waals surface area contributed by atoms with E-state index in [0.29, 0.717) is 21.8 Å². The van der Waals surface area contributed by atoms with Crippen molar-refractivity contribution in [2.75, 3.05) is 5.73 Å². The van der Waals surface area contributed by atoms with Crippen LogP contribution in [0.15, 0.2) is 30.6 Å². The highest BCUT2D eigenvalue weighted by atomic mass is 35.5. The third-order valence-electron chi connectivity index (χ3n) is 2.71. The Balaban J connectivity index is 2.15. The fourth-order valence-corrected chi connectivity index (χ4v) is 1.86. The first-order chi connectivity index (χ1) is 9.49. The Morgan fingerprint density at radius 2 is 2.25 bits per heavy atom. The number of benzene rings is 1. The van der Waals surface area contributed by atoms with Crippen LogP contribution < -0.4 is 5.73 Å². The van der Waals surface area contributed by atoms with Crippen LogP contribution in [0.4, 0.5) is 10.1 Å². The number of anilines is 1. The van der Waals surface area contributed by atoms with Gasteiger partial charge >= 0.3 is 5.97 Å². The molecule has 0 radical (unpaired) electrons. The molecule has 0 atom stereocenters. The zero-order valence-corrected chi connectivity index (χ0v) is 11.4. The number of nitrogen functional groups attached to an aromatic ring is 1. The van der Waals surface area contributed by atoms with Gasteiger partial charge in [-0.25, -0.2) is 9.18 Å². The molecule has 1 heterocycles. The summed E-state index contributed by atoms with van der Waals surface area (Å²) in [4.78, 5) is 15.7. The van der Waals surface area contributed by atoms with Crippen LogP contribution in [0.1, 0.15) is 21.5 Å². The summed E-state index contributed by atoms with van der Waals surface area (Å²) in [6.45, 7) is 1.47. The molecule has 0 bridgehead atoms. The minimum absolute atomic E-state index is 0.0620. The van der Waals surface area contributed by atoms with Crippen molar-refractivity contribution in [3.05, 3.63) is 58.1 Å². The Hall–Kier alpha value is -2.14. The molecule has 6 heteroatoms. The number of pyridine rings is 1. The van der Waals surface area contributed by atoms with Crippen molar-refractivity contribution in [1.29, 1.82) is 0 Å². The lowest BCUT2D eigenvalue weighted by atomic mass is 10.1. The number of carbonyl (C=O) groups excluding carboxylic acids is 1. The summed E-state index contributed by atoms with van der Waals surface area (Å²) in [5.74, 6) is -1.42. The van der Waals surface area contributed by atoms with Crippen molar-refractivity contribution >= 4 is 23.3 Å². The Morgan fingerprint density at radius 1 is 1.50 bits per heavy atom. The third kappa shape index (κ3) is 3.05. The molecular formula is C14H12ClFN2O2. The van der Waals surface area contributed by atoms with Gasteiger partial charge < -0.3 is 10.5 Å². The Bertz CT molecular complexity index is 662. The molecule has 0 saturated carbocycles. The highest BCUT2D eigenvalue weighted by Crippen LogP contribution is 2.20. The zero-order chi connectivity index (χ0) is 14.7. The van der Waals surface area contributed by atoms with Gasteiger partial charge in [-0.1, -0.05) is 11.6 Å². The molecule has 0 aliphatic heterocycles. The average molecular weight is 295 g/mol. The first kappa shape index (κ1) is 14.3. The maximum absolute atomic E-state index is 13.8. The van der Waals surface area contributed by atoms with Gasteiger partial charge in [-0.05, 0) is 30.7 Å². The smallest absolute Gasteiger partial charge is 0.341 e. The summed E-state index contributed by atoms with van der Waals surface area (Å²) in [6, 6.07) is 4.32. The number of hydrogen-bond acceptors (Lipinski definition) is 4. The number of esters is 1. The van der Waals surface area contributed by atoms with Crippen LogP contribution in [-0.4, -0.2) is 11.0 Å². The molecular weight excluding hydrogens is 283 g/mol. The number of ether oxygens (including phenoxy) is 1. The van der Waals surface area contributed by atoms with Gasteiger partial charge in [0.05, 0.1) is 10.6 Å². The first-order valence-electron chi connectivity index (χ1n) is 5.80. The van der Waals surface area contributed by atoms with Gasteiger partial charge in [0.25, 0.3) is 0 Å². The topological polar surface area (TPSA) is 65.2 Å². The van der Waals surface area contributed by atoms with E-state index in [4.69, 9.17) is 22.1 Å². The van der Waals surface area contributed by atoms with Crippen molar-refractivity contribution in [3.63, 3.8) is 0 Å². The summed E-state index contributed by atoms with van der Waals surface area (Å²) in [5.41, 5.74) is 6.59. The fourth-order valence-electron chi connectivity index (χ4n) is 1.69. The quantitative estimate of drug-likeness (QED) is 0.698. The van der Waals surface area contributed by atoms with E-state index in [1.165, 1.54) is 31.5 Å². The summed E-state index contributed by atoms with van der Waals surface area (Å²) in [6.07, 6.45) is 2.97. The number of nitrogens with zero attached hydrogens (tertiary/aromatic N) is 1. The molecule has 1 aromatic heterocycles. The summed E-state index contributed by atoms with van der Waals surface area (Å²) in [5, 5.41) is 0.379. The zero-order valence-electron chi connectivity index (χ0n) is 10.7. The summed E-state index contributed by atoms with van der Waals surface area (Å²) < 4.78 is 18.9. The SMILES string of the molecule is Cc1cc(N)cc(C(=O)OCc2ccncc2Cl)c1F. The molecule has 0 fully saturated rings. The Morgan fingerprint density at radius 3 is 2.95 bits per heavy atom. The largest absolute Gasteiger partial charge is 0.457 e. The van der Waals surface area contributed by atoms with Crippen LogP contribution in [0.5, 0.6) is 0 Å². The van der Waals surface area contributed by atoms with Crippen molar-refractivity contribution in [3.8, 4) is 0 Å². The molecule has 0 saturated heterocycles. The molecule has 0 spiro atoms. The molecule has 0 amide bonds. The van der Waals surface area contributed by atoms with Gasteiger partial charge in [-0.2, -0.15) is 0 Å². The number of rotatable bonds is 3. The van der Waals surface area contributed by atoms with Crippen molar-refractivity contribution in [1.82, 2.24) is 4.98 Å². The molecule has 1 aromatic carbocycles. The van der Waals surface area contributed by atoms with Gasteiger partial charge in [-0.15, -0.1) is 0 Å². The first-order valence-corrected chi connectivity index (χ1v) is 6.18. The predicted octanol–water partition coefficient (Wildman–Crippen LogP) is 3.12. The van der Waals surface area contributed by atoms with E-state index in [9.17, 15) is 9.18 Å². The number of aryl methyl sites for hydroxylation is 1. The van der Waals surface area contributed by atoms with Crippen LogP contribution in [0, 0.1) is 12.7 Å². The van der Waals surface area contributed by atoms with Crippen LogP contribution >= 0.6 is 11.6 Å². The van der Waals surface area contributed by atoms with Crippen molar-refractivity contribution in [2.24, 2.45) is 0 Å². The van der Waals surface area contributed by atoms with E-state index in [2.05, 4.69) is 4.98 Å². The molecule has 2 aromatic rings. The predicted molar refractivity (Wildman–Crippen MR) is 73.9 cm³/mol. The maximum atomic E-state index is 13.8. The maximum Gasteiger partial charge on any atom is 0.341 e. The standard InChI is InChI=1S/C14H12ClFN2O2/c1-8-4-10(17)5-11(13(8)16)14(19)20-7-9-2-3-18-6-12(9)15/h2-6H,7,17H2,1H3. The van der Waals surface area contributed by atoms with Crippen LogP contribution in [-0.2, 0) is 11.3 Å². The second kappa shape index (κ2) is 5.88. The molecule has 2 rings (SSSR count). The summed E-state index contributed by atoms with van der Waals surface area (Å²) >= 11 is 5.89. The van der Waals surface area contributed by atoms with Gasteiger partial charge in [0.15, 0.2) is 0 Å². The molecule has 0 aliphatic carbocycles. The van der Waals surface area contributed by atoms with E-state index >= 15 is 0 Å². The molecule has 2 N–H and O–H groups in total. The van der Waals surface area contributed by atoms with Gasteiger partial charge in [-0.3, -0.25) is 4.98 Å². The normalized spacial score (nSPS) is 10.3. The monoisotopic (exact) mass is 294 g/mol. The van der Waals surface area contributed by atoms with Crippen LogP contribution in [0.2, 0.25) is 5.02 Å². The minimum atomic E-state index is -0.786. The van der Waals surface area contributed by atoms with Crippen LogP contribution in [0.3, 0.4) is 0 Å². The van der Waals surface area contributed by atoms with E-state index in [1.54, 1.807) is 6.07 Å². The number of hydrogen-bond donors (Lipinski definition) is 1. The van der Waals surface area contributed by atoms with Crippen LogP contribution in [0.25, 0.3) is 0 Å². The molecule has 0 unspecified atom stereocenters. The van der Waals surface area contributed by atoms with Gasteiger partial charge in [0.1, 0.15) is 12.4 Å². The molecule has 104 valence electrons. The Kier molecular flexibility index (Phi) is 4.20. The minimum Gasteiger partial charge on any atom is -0.457 e.